The number of carboxylic acid groups (broad SMARTS) is 1. The first-order valence-corrected chi connectivity index (χ1v) is 9.64. The molecule has 3 N–H and O–H groups in total. The van der Waals surface area contributed by atoms with Crippen LogP contribution in [0, 0.1) is 5.92 Å². The highest BCUT2D eigenvalue weighted by Gasteiger charge is 2.22. The smallest absolute Gasteiger partial charge is 0.341 e. The average molecular weight is 396 g/mol. The topological polar surface area (TPSA) is 105 Å². The summed E-state index contributed by atoms with van der Waals surface area (Å²) in [6, 6.07) is 13.7. The minimum absolute atomic E-state index is 0.0573. The number of amides is 2. The summed E-state index contributed by atoms with van der Waals surface area (Å²) in [4.78, 5) is 35.3. The quantitative estimate of drug-likeness (QED) is 0.636. The Balaban J connectivity index is 1.55. The minimum atomic E-state index is -1.08. The number of carboxylic acids is 1. The molecule has 0 spiro atoms. The summed E-state index contributed by atoms with van der Waals surface area (Å²) in [5.74, 6) is -0.918. The van der Waals surface area contributed by atoms with Gasteiger partial charge in [0.05, 0.1) is 0 Å². The summed E-state index contributed by atoms with van der Waals surface area (Å²) in [5.41, 5.74) is 1.96. The predicted octanol–water partition coefficient (Wildman–Crippen LogP) is 3.21. The Labute approximate surface area is 169 Å². The van der Waals surface area contributed by atoms with E-state index in [2.05, 4.69) is 10.6 Å². The third-order valence-corrected chi connectivity index (χ3v) is 4.83. The van der Waals surface area contributed by atoms with Gasteiger partial charge >= 0.3 is 5.97 Å². The molecule has 29 heavy (non-hydrogen) atoms. The lowest BCUT2D eigenvalue weighted by Gasteiger charge is -2.12. The molecule has 2 aromatic carbocycles. The standard InChI is InChI=1S/C22H24N2O5/c25-20(26)14-29-19-10-4-8-17(12-19)21(27)23-13-15-5-3-9-18(11-15)24-22(28)16-6-1-2-7-16/h3-5,8-12,16H,1-2,6-7,13-14H2,(H,23,27)(H,24,28)(H,25,26). The fraction of sp³-hybridized carbons (Fsp3) is 0.318. The van der Waals surface area contributed by atoms with Gasteiger partial charge in [0.1, 0.15) is 5.75 Å². The van der Waals surface area contributed by atoms with Crippen molar-refractivity contribution in [2.75, 3.05) is 11.9 Å². The minimum Gasteiger partial charge on any atom is -0.482 e. The summed E-state index contributed by atoms with van der Waals surface area (Å²) in [5, 5.41) is 14.4. The zero-order valence-corrected chi connectivity index (χ0v) is 16.0. The van der Waals surface area contributed by atoms with Gasteiger partial charge in [0.2, 0.25) is 5.91 Å². The molecule has 0 aromatic heterocycles. The van der Waals surface area contributed by atoms with E-state index >= 15 is 0 Å². The Kier molecular flexibility index (Phi) is 6.84. The van der Waals surface area contributed by atoms with Crippen molar-refractivity contribution in [3.63, 3.8) is 0 Å². The Morgan fingerprint density at radius 3 is 2.55 bits per heavy atom. The first-order valence-electron chi connectivity index (χ1n) is 9.64. The molecule has 0 aliphatic heterocycles. The Morgan fingerprint density at radius 2 is 1.79 bits per heavy atom. The van der Waals surface area contributed by atoms with E-state index in [-0.39, 0.29) is 17.7 Å². The number of hydrogen-bond donors (Lipinski definition) is 3. The van der Waals surface area contributed by atoms with Gasteiger partial charge in [-0.25, -0.2) is 4.79 Å². The summed E-state index contributed by atoms with van der Waals surface area (Å²) >= 11 is 0. The molecule has 0 heterocycles. The van der Waals surface area contributed by atoms with Gasteiger partial charge in [0.25, 0.3) is 5.91 Å². The summed E-state index contributed by atoms with van der Waals surface area (Å²) < 4.78 is 5.10. The van der Waals surface area contributed by atoms with Gasteiger partial charge in [-0.2, -0.15) is 0 Å². The maximum atomic E-state index is 12.4. The Morgan fingerprint density at radius 1 is 1.03 bits per heavy atom. The number of hydrogen-bond acceptors (Lipinski definition) is 4. The van der Waals surface area contributed by atoms with Crippen LogP contribution >= 0.6 is 0 Å². The van der Waals surface area contributed by atoms with E-state index in [1.807, 2.05) is 24.3 Å². The van der Waals surface area contributed by atoms with E-state index < -0.39 is 12.6 Å². The molecule has 1 aliphatic carbocycles. The molecular formula is C22H24N2O5. The highest BCUT2D eigenvalue weighted by molar-refractivity contribution is 5.94. The van der Waals surface area contributed by atoms with E-state index in [1.54, 1.807) is 18.2 Å². The molecule has 0 atom stereocenters. The van der Waals surface area contributed by atoms with Crippen LogP contribution < -0.4 is 15.4 Å². The fourth-order valence-corrected chi connectivity index (χ4v) is 3.35. The van der Waals surface area contributed by atoms with Crippen molar-refractivity contribution in [2.45, 2.75) is 32.2 Å². The van der Waals surface area contributed by atoms with Crippen LogP contribution in [0.15, 0.2) is 48.5 Å². The van der Waals surface area contributed by atoms with Gasteiger partial charge in [-0.05, 0) is 48.7 Å². The number of aliphatic carboxylic acids is 1. The predicted molar refractivity (Wildman–Crippen MR) is 108 cm³/mol. The lowest BCUT2D eigenvalue weighted by Crippen LogP contribution is -2.23. The number of rotatable bonds is 8. The average Bonchev–Trinajstić information content (AvgIpc) is 3.26. The molecule has 0 radical (unpaired) electrons. The summed E-state index contributed by atoms with van der Waals surface area (Å²) in [6.45, 7) is -0.170. The molecule has 1 fully saturated rings. The first kappa shape index (κ1) is 20.4. The van der Waals surface area contributed by atoms with Crippen LogP contribution in [0.4, 0.5) is 5.69 Å². The van der Waals surface area contributed by atoms with E-state index in [9.17, 15) is 14.4 Å². The molecule has 2 aromatic rings. The van der Waals surface area contributed by atoms with Crippen LogP contribution in [0.2, 0.25) is 0 Å². The van der Waals surface area contributed by atoms with Crippen LogP contribution in [0.5, 0.6) is 5.75 Å². The normalized spacial score (nSPS) is 13.7. The number of carbonyl (C=O) groups excluding carboxylic acids is 2. The molecule has 0 unspecified atom stereocenters. The maximum absolute atomic E-state index is 12.4. The Hall–Kier alpha value is -3.35. The van der Waals surface area contributed by atoms with E-state index in [1.165, 1.54) is 6.07 Å². The van der Waals surface area contributed by atoms with Gasteiger partial charge in [0.15, 0.2) is 6.61 Å². The van der Waals surface area contributed by atoms with Gasteiger partial charge in [-0.15, -0.1) is 0 Å². The molecule has 0 saturated heterocycles. The molecule has 152 valence electrons. The second kappa shape index (κ2) is 9.73. The molecule has 7 heteroatoms. The van der Waals surface area contributed by atoms with Gasteiger partial charge in [0, 0.05) is 23.7 Å². The third kappa shape index (κ3) is 6.07. The number of carbonyl (C=O) groups is 3. The third-order valence-electron chi connectivity index (χ3n) is 4.83. The highest BCUT2D eigenvalue weighted by Crippen LogP contribution is 2.26. The summed E-state index contributed by atoms with van der Waals surface area (Å²) in [6.07, 6.45) is 4.09. The number of ether oxygens (including phenoxy) is 1. The van der Waals surface area contributed by atoms with Gasteiger partial charge < -0.3 is 20.5 Å². The number of nitrogens with one attached hydrogen (secondary N) is 2. The van der Waals surface area contributed by atoms with Crippen molar-refractivity contribution >= 4 is 23.5 Å². The van der Waals surface area contributed by atoms with Crippen LogP contribution in [0.3, 0.4) is 0 Å². The first-order chi connectivity index (χ1) is 14.0. The van der Waals surface area contributed by atoms with E-state index in [0.717, 1.165) is 36.9 Å². The molecular weight excluding hydrogens is 372 g/mol. The molecule has 2 amide bonds. The van der Waals surface area contributed by atoms with Crippen LogP contribution in [-0.4, -0.2) is 29.5 Å². The van der Waals surface area contributed by atoms with Crippen molar-refractivity contribution in [1.82, 2.24) is 5.32 Å². The highest BCUT2D eigenvalue weighted by atomic mass is 16.5. The number of benzene rings is 2. The lowest BCUT2D eigenvalue weighted by molar-refractivity contribution is -0.139. The molecule has 7 nitrogen and oxygen atoms in total. The SMILES string of the molecule is O=C(O)COc1cccc(C(=O)NCc2cccc(NC(=O)C3CCCC3)c2)c1. The van der Waals surface area contributed by atoms with E-state index in [0.29, 0.717) is 17.9 Å². The zero-order valence-electron chi connectivity index (χ0n) is 16.0. The second-order valence-corrected chi connectivity index (χ2v) is 7.06. The Bertz CT molecular complexity index is 890. The molecule has 3 rings (SSSR count). The summed E-state index contributed by atoms with van der Waals surface area (Å²) in [7, 11) is 0. The van der Waals surface area contributed by atoms with Crippen molar-refractivity contribution in [3.8, 4) is 5.75 Å². The fourth-order valence-electron chi connectivity index (χ4n) is 3.35. The second-order valence-electron chi connectivity index (χ2n) is 7.06. The molecule has 1 saturated carbocycles. The zero-order chi connectivity index (χ0) is 20.6. The van der Waals surface area contributed by atoms with Crippen molar-refractivity contribution in [2.24, 2.45) is 5.92 Å². The lowest BCUT2D eigenvalue weighted by atomic mass is 10.1. The molecule has 1 aliphatic rings. The maximum Gasteiger partial charge on any atom is 0.341 e. The van der Waals surface area contributed by atoms with Crippen LogP contribution in [0.1, 0.15) is 41.6 Å². The molecule has 0 bridgehead atoms. The van der Waals surface area contributed by atoms with Crippen molar-refractivity contribution in [1.29, 1.82) is 0 Å². The van der Waals surface area contributed by atoms with E-state index in [4.69, 9.17) is 9.84 Å². The monoisotopic (exact) mass is 396 g/mol. The number of anilines is 1. The van der Waals surface area contributed by atoms with Crippen LogP contribution in [0.25, 0.3) is 0 Å². The van der Waals surface area contributed by atoms with Crippen molar-refractivity contribution in [3.05, 3.63) is 59.7 Å². The van der Waals surface area contributed by atoms with Gasteiger partial charge in [-0.3, -0.25) is 9.59 Å². The largest absolute Gasteiger partial charge is 0.482 e. The van der Waals surface area contributed by atoms with Gasteiger partial charge in [-0.1, -0.05) is 31.0 Å². The van der Waals surface area contributed by atoms with Crippen molar-refractivity contribution < 1.29 is 24.2 Å². The van der Waals surface area contributed by atoms with Crippen LogP contribution in [-0.2, 0) is 16.1 Å².